The fraction of sp³-hybridized carbons (Fsp3) is 0.235. The van der Waals surface area contributed by atoms with Crippen LogP contribution in [0.2, 0.25) is 0 Å². The Morgan fingerprint density at radius 1 is 1.12 bits per heavy atom. The zero-order valence-corrected chi connectivity index (χ0v) is 13.6. The number of nitrogens with zero attached hydrogens (tertiary/aromatic N) is 2. The molecule has 1 aliphatic rings. The van der Waals surface area contributed by atoms with Crippen molar-refractivity contribution in [3.8, 4) is 6.07 Å². The second kappa shape index (κ2) is 6.42. The van der Waals surface area contributed by atoms with Gasteiger partial charge in [0.05, 0.1) is 10.5 Å². The highest BCUT2D eigenvalue weighted by Gasteiger charge is 2.21. The van der Waals surface area contributed by atoms with E-state index in [0.29, 0.717) is 0 Å². The van der Waals surface area contributed by atoms with Gasteiger partial charge in [-0.25, -0.2) is 18.1 Å². The number of sulfonamides is 1. The predicted octanol–water partition coefficient (Wildman–Crippen LogP) is 1.95. The summed E-state index contributed by atoms with van der Waals surface area (Å²) in [5, 5.41) is 8.69. The molecule has 0 fully saturated rings. The lowest BCUT2D eigenvalue weighted by atomic mass is 9.92. The number of pyridine rings is 1. The summed E-state index contributed by atoms with van der Waals surface area (Å²) in [6, 6.07) is 9.54. The summed E-state index contributed by atoms with van der Waals surface area (Å²) in [5.74, 6) is -0.773. The van der Waals surface area contributed by atoms with Crippen molar-refractivity contribution >= 4 is 15.9 Å². The van der Waals surface area contributed by atoms with Gasteiger partial charge in [0, 0.05) is 6.20 Å². The molecule has 0 radical (unpaired) electrons. The normalized spacial score (nSPS) is 13.6. The highest BCUT2D eigenvalue weighted by molar-refractivity contribution is 7.90. The molecule has 7 heteroatoms. The van der Waals surface area contributed by atoms with Gasteiger partial charge in [-0.15, -0.1) is 0 Å². The highest BCUT2D eigenvalue weighted by Crippen LogP contribution is 2.24. The van der Waals surface area contributed by atoms with E-state index in [1.165, 1.54) is 30.0 Å². The molecule has 1 heterocycles. The van der Waals surface area contributed by atoms with Crippen LogP contribution in [0.15, 0.2) is 41.4 Å². The zero-order valence-electron chi connectivity index (χ0n) is 12.8. The van der Waals surface area contributed by atoms with Crippen LogP contribution < -0.4 is 4.72 Å². The molecule has 0 unspecified atom stereocenters. The fourth-order valence-corrected chi connectivity index (χ4v) is 3.74. The summed E-state index contributed by atoms with van der Waals surface area (Å²) in [6.07, 6.45) is 5.14. The van der Waals surface area contributed by atoms with Crippen molar-refractivity contribution in [1.29, 1.82) is 5.26 Å². The van der Waals surface area contributed by atoms with E-state index in [1.54, 1.807) is 6.07 Å². The van der Waals surface area contributed by atoms with Crippen molar-refractivity contribution in [2.75, 3.05) is 0 Å². The maximum atomic E-state index is 12.4. The number of carbonyl (C=O) groups excluding carboxylic acids is 1. The topological polar surface area (TPSA) is 99.9 Å². The third-order valence-electron chi connectivity index (χ3n) is 4.00. The molecule has 1 aromatic carbocycles. The molecule has 2 aromatic rings. The Morgan fingerprint density at radius 3 is 2.54 bits per heavy atom. The maximum Gasteiger partial charge on any atom is 0.266 e. The van der Waals surface area contributed by atoms with E-state index in [-0.39, 0.29) is 16.2 Å². The Kier molecular flexibility index (Phi) is 4.32. The van der Waals surface area contributed by atoms with Crippen molar-refractivity contribution < 1.29 is 13.2 Å². The number of nitriles is 1. The number of aromatic nitrogens is 1. The van der Waals surface area contributed by atoms with E-state index in [9.17, 15) is 13.2 Å². The second-order valence-electron chi connectivity index (χ2n) is 5.62. The molecule has 6 nitrogen and oxygen atoms in total. The third-order valence-corrected chi connectivity index (χ3v) is 5.33. The van der Waals surface area contributed by atoms with E-state index >= 15 is 0 Å². The van der Waals surface area contributed by atoms with Crippen LogP contribution in [0.5, 0.6) is 0 Å². The van der Waals surface area contributed by atoms with Crippen LogP contribution in [0.25, 0.3) is 0 Å². The van der Waals surface area contributed by atoms with Crippen LogP contribution in [0.3, 0.4) is 0 Å². The molecule has 3 rings (SSSR count). The zero-order chi connectivity index (χ0) is 17.2. The second-order valence-corrected chi connectivity index (χ2v) is 7.30. The van der Waals surface area contributed by atoms with Crippen LogP contribution in [0.1, 0.15) is 40.0 Å². The number of hydrogen-bond acceptors (Lipinski definition) is 5. The number of fused-ring (bicyclic) bond motifs is 1. The molecule has 0 atom stereocenters. The van der Waals surface area contributed by atoms with Gasteiger partial charge in [0.25, 0.3) is 15.9 Å². The van der Waals surface area contributed by atoms with Crippen LogP contribution in [-0.4, -0.2) is 19.3 Å². The van der Waals surface area contributed by atoms with Crippen LogP contribution >= 0.6 is 0 Å². The van der Waals surface area contributed by atoms with Gasteiger partial charge in [-0.05, 0) is 61.1 Å². The summed E-state index contributed by atoms with van der Waals surface area (Å²) in [7, 11) is -3.95. The summed E-state index contributed by atoms with van der Waals surface area (Å²) in [6.45, 7) is 0. The Labute approximate surface area is 140 Å². The van der Waals surface area contributed by atoms with E-state index in [2.05, 4.69) is 4.98 Å². The van der Waals surface area contributed by atoms with Crippen molar-refractivity contribution in [3.63, 3.8) is 0 Å². The smallest absolute Gasteiger partial charge is 0.266 e. The van der Waals surface area contributed by atoms with Gasteiger partial charge in [-0.3, -0.25) is 4.79 Å². The van der Waals surface area contributed by atoms with E-state index in [1.807, 2.05) is 16.9 Å². The van der Waals surface area contributed by atoms with Crippen molar-refractivity contribution in [2.45, 2.75) is 30.6 Å². The molecule has 1 amide bonds. The van der Waals surface area contributed by atoms with Crippen molar-refractivity contribution in [1.82, 2.24) is 9.71 Å². The molecular formula is C17H15N3O3S. The van der Waals surface area contributed by atoms with Gasteiger partial charge >= 0.3 is 0 Å². The molecule has 0 saturated carbocycles. The largest absolute Gasteiger partial charge is 0.268 e. The van der Waals surface area contributed by atoms with Crippen LogP contribution in [0.4, 0.5) is 0 Å². The van der Waals surface area contributed by atoms with Gasteiger partial charge in [-0.1, -0.05) is 6.07 Å². The predicted molar refractivity (Wildman–Crippen MR) is 86.7 cm³/mol. The molecule has 0 saturated heterocycles. The van der Waals surface area contributed by atoms with Crippen LogP contribution in [0, 0.1) is 11.3 Å². The van der Waals surface area contributed by atoms with Gasteiger partial charge in [0.15, 0.2) is 0 Å². The molecule has 1 aliphatic carbocycles. The number of carbonyl (C=O) groups is 1. The maximum absolute atomic E-state index is 12.4. The molecule has 24 heavy (non-hydrogen) atoms. The Bertz CT molecular complexity index is 929. The van der Waals surface area contributed by atoms with E-state index in [0.717, 1.165) is 31.2 Å². The monoisotopic (exact) mass is 341 g/mol. The lowest BCUT2D eigenvalue weighted by Gasteiger charge is -2.16. The van der Waals surface area contributed by atoms with Crippen molar-refractivity contribution in [2.24, 2.45) is 0 Å². The summed E-state index contributed by atoms with van der Waals surface area (Å²) >= 11 is 0. The van der Waals surface area contributed by atoms with Crippen LogP contribution in [-0.2, 0) is 22.9 Å². The minimum absolute atomic E-state index is 0.0792. The molecular weight excluding hydrogens is 326 g/mol. The van der Waals surface area contributed by atoms with Gasteiger partial charge in [0.1, 0.15) is 11.8 Å². The lowest BCUT2D eigenvalue weighted by Crippen LogP contribution is -2.30. The van der Waals surface area contributed by atoms with Gasteiger partial charge in [-0.2, -0.15) is 5.26 Å². The number of rotatable bonds is 3. The number of aryl methyl sites for hydroxylation is 2. The first-order chi connectivity index (χ1) is 11.5. The highest BCUT2D eigenvalue weighted by atomic mass is 32.2. The molecule has 122 valence electrons. The fourth-order valence-electron chi connectivity index (χ4n) is 2.71. The summed E-state index contributed by atoms with van der Waals surface area (Å²) in [4.78, 5) is 16.0. The number of nitrogens with one attached hydrogen (secondary N) is 1. The number of hydrogen-bond donors (Lipinski definition) is 1. The first kappa shape index (κ1) is 16.1. The van der Waals surface area contributed by atoms with Gasteiger partial charge < -0.3 is 0 Å². The average molecular weight is 341 g/mol. The lowest BCUT2D eigenvalue weighted by molar-refractivity contribution is 0.0981. The van der Waals surface area contributed by atoms with Crippen molar-refractivity contribution in [3.05, 3.63) is 58.9 Å². The minimum Gasteiger partial charge on any atom is -0.268 e. The molecule has 1 N–H and O–H groups in total. The minimum atomic E-state index is -3.95. The summed E-state index contributed by atoms with van der Waals surface area (Å²) in [5.41, 5.74) is 2.43. The molecule has 1 aromatic heterocycles. The van der Waals surface area contributed by atoms with Gasteiger partial charge in [0.2, 0.25) is 0 Å². The molecule has 0 spiro atoms. The number of amides is 1. The molecule has 0 bridgehead atoms. The number of benzene rings is 1. The molecule has 0 aliphatic heterocycles. The Balaban J connectivity index is 1.82. The third kappa shape index (κ3) is 3.29. The Hall–Kier alpha value is -2.72. The van der Waals surface area contributed by atoms with E-state index in [4.69, 9.17) is 5.26 Å². The standard InChI is InChI=1S/C17H15N3O3S/c18-10-15-7-5-14(11-19-15)17(21)20-24(22,23)16-8-6-12-3-1-2-4-13(12)9-16/h5-9,11H,1-4H2,(H,20,21). The Morgan fingerprint density at radius 2 is 1.88 bits per heavy atom. The SMILES string of the molecule is N#Cc1ccc(C(=O)NS(=O)(=O)c2ccc3c(c2)CCCC3)cn1. The quantitative estimate of drug-likeness (QED) is 0.920. The first-order valence-corrected chi connectivity index (χ1v) is 9.03. The summed E-state index contributed by atoms with van der Waals surface area (Å²) < 4.78 is 26.9. The average Bonchev–Trinajstić information content (AvgIpc) is 2.61. The van der Waals surface area contributed by atoms with E-state index < -0.39 is 15.9 Å². The first-order valence-electron chi connectivity index (χ1n) is 7.55.